The van der Waals surface area contributed by atoms with E-state index in [0.717, 1.165) is 18.5 Å². The third-order valence-electron chi connectivity index (χ3n) is 4.13. The molecule has 2 rings (SSSR count). The largest absolute Gasteiger partial charge is 0.356 e. The van der Waals surface area contributed by atoms with Crippen LogP contribution in [0.5, 0.6) is 0 Å². The number of aryl methyl sites for hydroxylation is 3. The van der Waals surface area contributed by atoms with Crippen molar-refractivity contribution in [2.45, 2.75) is 46.6 Å². The van der Waals surface area contributed by atoms with E-state index < -0.39 is 0 Å². The second-order valence-corrected chi connectivity index (χ2v) is 6.38. The smallest absolute Gasteiger partial charge is 0.171 e. The molecule has 122 valence electrons. The van der Waals surface area contributed by atoms with E-state index in [2.05, 4.69) is 80.8 Å². The van der Waals surface area contributed by atoms with Gasteiger partial charge in [0.05, 0.1) is 6.04 Å². The first-order chi connectivity index (χ1) is 11.0. The summed E-state index contributed by atoms with van der Waals surface area (Å²) in [5.74, 6) is 0. The van der Waals surface area contributed by atoms with Crippen molar-refractivity contribution < 1.29 is 0 Å². The maximum Gasteiger partial charge on any atom is 0.171 e. The van der Waals surface area contributed by atoms with E-state index in [1.54, 1.807) is 0 Å². The maximum atomic E-state index is 5.49. The summed E-state index contributed by atoms with van der Waals surface area (Å²) < 4.78 is 0. The Morgan fingerprint density at radius 3 is 2.30 bits per heavy atom. The van der Waals surface area contributed by atoms with Gasteiger partial charge in [-0.3, -0.25) is 0 Å². The highest BCUT2D eigenvalue weighted by Gasteiger charge is 2.13. The highest BCUT2D eigenvalue weighted by Crippen LogP contribution is 2.22. The molecule has 0 aliphatic rings. The predicted molar refractivity (Wildman–Crippen MR) is 104 cm³/mol. The molecule has 3 heteroatoms. The maximum absolute atomic E-state index is 5.49. The van der Waals surface area contributed by atoms with Crippen LogP contribution in [-0.4, -0.2) is 5.11 Å². The molecule has 2 nitrogen and oxygen atoms in total. The van der Waals surface area contributed by atoms with E-state index in [0.29, 0.717) is 5.11 Å². The molecular formula is C20H26N2S. The van der Waals surface area contributed by atoms with E-state index in [-0.39, 0.29) is 6.04 Å². The minimum Gasteiger partial charge on any atom is -0.356 e. The molecule has 0 saturated heterocycles. The van der Waals surface area contributed by atoms with Crippen LogP contribution in [0.25, 0.3) is 0 Å². The van der Waals surface area contributed by atoms with Gasteiger partial charge in [-0.05, 0) is 67.7 Å². The van der Waals surface area contributed by atoms with Gasteiger partial charge in [-0.25, -0.2) is 0 Å². The van der Waals surface area contributed by atoms with Gasteiger partial charge in [-0.15, -0.1) is 0 Å². The molecular weight excluding hydrogens is 300 g/mol. The average molecular weight is 327 g/mol. The first kappa shape index (κ1) is 17.5. The molecule has 0 radical (unpaired) electrons. The summed E-state index contributed by atoms with van der Waals surface area (Å²) in [6.07, 6.45) is 2.04. The van der Waals surface area contributed by atoms with Crippen molar-refractivity contribution in [3.05, 3.63) is 64.7 Å². The molecule has 0 fully saturated rings. The van der Waals surface area contributed by atoms with Crippen molar-refractivity contribution in [1.82, 2.24) is 5.32 Å². The Kier molecular flexibility index (Phi) is 6.17. The number of hydrogen-bond donors (Lipinski definition) is 2. The first-order valence-electron chi connectivity index (χ1n) is 8.27. The summed E-state index contributed by atoms with van der Waals surface area (Å²) in [6, 6.07) is 15.2. The molecule has 0 heterocycles. The van der Waals surface area contributed by atoms with Crippen LogP contribution in [0.1, 0.15) is 48.6 Å². The van der Waals surface area contributed by atoms with Crippen LogP contribution in [0.15, 0.2) is 42.5 Å². The quantitative estimate of drug-likeness (QED) is 0.729. The van der Waals surface area contributed by atoms with E-state index in [1.165, 1.54) is 22.3 Å². The van der Waals surface area contributed by atoms with Crippen molar-refractivity contribution in [3.63, 3.8) is 0 Å². The van der Waals surface area contributed by atoms with Crippen molar-refractivity contribution >= 4 is 23.0 Å². The van der Waals surface area contributed by atoms with E-state index in [4.69, 9.17) is 12.2 Å². The third-order valence-corrected chi connectivity index (χ3v) is 4.35. The predicted octanol–water partition coefficient (Wildman–Crippen LogP) is 5.30. The van der Waals surface area contributed by atoms with Gasteiger partial charge in [-0.1, -0.05) is 49.7 Å². The highest BCUT2D eigenvalue weighted by atomic mass is 32.1. The Labute approximate surface area is 145 Å². The van der Waals surface area contributed by atoms with Gasteiger partial charge in [0.25, 0.3) is 0 Å². The van der Waals surface area contributed by atoms with Crippen LogP contribution in [0.3, 0.4) is 0 Å². The van der Waals surface area contributed by atoms with Crippen molar-refractivity contribution in [1.29, 1.82) is 0 Å². The Hall–Kier alpha value is -1.87. The lowest BCUT2D eigenvalue weighted by atomic mass is 9.98. The number of nitrogens with one attached hydrogen (secondary N) is 2. The first-order valence-corrected chi connectivity index (χ1v) is 8.68. The lowest BCUT2D eigenvalue weighted by molar-refractivity contribution is 0.625. The SMILES string of the molecule is CCc1ccc(NC(=S)NC(CC)c2ccc(C)cc2C)cc1. The fourth-order valence-corrected chi connectivity index (χ4v) is 3.03. The minimum absolute atomic E-state index is 0.227. The lowest BCUT2D eigenvalue weighted by Gasteiger charge is -2.22. The summed E-state index contributed by atoms with van der Waals surface area (Å²) in [7, 11) is 0. The zero-order valence-corrected chi connectivity index (χ0v) is 15.3. The van der Waals surface area contributed by atoms with Crippen molar-refractivity contribution in [3.8, 4) is 0 Å². The second-order valence-electron chi connectivity index (χ2n) is 5.97. The van der Waals surface area contributed by atoms with Gasteiger partial charge in [0, 0.05) is 5.69 Å². The zero-order chi connectivity index (χ0) is 16.8. The summed E-state index contributed by atoms with van der Waals surface area (Å²) in [4.78, 5) is 0. The third kappa shape index (κ3) is 4.80. The zero-order valence-electron chi connectivity index (χ0n) is 14.4. The topological polar surface area (TPSA) is 24.1 Å². The molecule has 23 heavy (non-hydrogen) atoms. The van der Waals surface area contributed by atoms with Crippen LogP contribution < -0.4 is 10.6 Å². The van der Waals surface area contributed by atoms with Gasteiger partial charge in [-0.2, -0.15) is 0 Å². The molecule has 0 amide bonds. The fraction of sp³-hybridized carbons (Fsp3) is 0.350. The monoisotopic (exact) mass is 326 g/mol. The molecule has 0 saturated carbocycles. The Bertz CT molecular complexity index is 662. The van der Waals surface area contributed by atoms with Crippen molar-refractivity contribution in [2.24, 2.45) is 0 Å². The molecule has 2 aromatic carbocycles. The number of benzene rings is 2. The number of rotatable bonds is 5. The van der Waals surface area contributed by atoms with Crippen LogP contribution >= 0.6 is 12.2 Å². The minimum atomic E-state index is 0.227. The van der Waals surface area contributed by atoms with Crippen LogP contribution in [0.4, 0.5) is 5.69 Å². The fourth-order valence-electron chi connectivity index (χ4n) is 2.77. The highest BCUT2D eigenvalue weighted by molar-refractivity contribution is 7.80. The molecule has 0 aromatic heterocycles. The summed E-state index contributed by atoms with van der Waals surface area (Å²) in [5, 5.41) is 7.39. The van der Waals surface area contributed by atoms with Gasteiger partial charge in [0.15, 0.2) is 5.11 Å². The molecule has 2 aromatic rings. The number of thiocarbonyl (C=S) groups is 1. The number of hydrogen-bond acceptors (Lipinski definition) is 1. The standard InChI is InChI=1S/C20H26N2S/c1-5-16-8-10-17(11-9-16)21-20(23)22-19(6-2)18-12-7-14(3)13-15(18)4/h7-13,19H,5-6H2,1-4H3,(H2,21,22,23). The lowest BCUT2D eigenvalue weighted by Crippen LogP contribution is -2.32. The van der Waals surface area contributed by atoms with Gasteiger partial charge in [0.2, 0.25) is 0 Å². The van der Waals surface area contributed by atoms with Crippen LogP contribution in [0.2, 0.25) is 0 Å². The van der Waals surface area contributed by atoms with Crippen LogP contribution in [-0.2, 0) is 6.42 Å². The van der Waals surface area contributed by atoms with Gasteiger partial charge >= 0.3 is 0 Å². The van der Waals surface area contributed by atoms with Gasteiger partial charge in [0.1, 0.15) is 0 Å². The molecule has 0 aliphatic carbocycles. The Balaban J connectivity index is 2.04. The number of anilines is 1. The molecule has 1 atom stereocenters. The summed E-state index contributed by atoms with van der Waals surface area (Å²) >= 11 is 5.49. The van der Waals surface area contributed by atoms with Crippen LogP contribution in [0, 0.1) is 13.8 Å². The molecule has 2 N–H and O–H groups in total. The second kappa shape index (κ2) is 8.11. The average Bonchev–Trinajstić information content (AvgIpc) is 2.54. The van der Waals surface area contributed by atoms with E-state index in [9.17, 15) is 0 Å². The summed E-state index contributed by atoms with van der Waals surface area (Å²) in [5.41, 5.74) is 6.26. The Morgan fingerprint density at radius 2 is 1.74 bits per heavy atom. The normalized spacial score (nSPS) is 11.8. The molecule has 0 spiro atoms. The molecule has 0 aliphatic heterocycles. The summed E-state index contributed by atoms with van der Waals surface area (Å²) in [6.45, 7) is 8.62. The van der Waals surface area contributed by atoms with E-state index >= 15 is 0 Å². The van der Waals surface area contributed by atoms with Crippen molar-refractivity contribution in [2.75, 3.05) is 5.32 Å². The molecule has 1 unspecified atom stereocenters. The van der Waals surface area contributed by atoms with Gasteiger partial charge < -0.3 is 10.6 Å². The molecule has 0 bridgehead atoms. The van der Waals surface area contributed by atoms with E-state index in [1.807, 2.05) is 0 Å². The Morgan fingerprint density at radius 1 is 1.04 bits per heavy atom.